The first-order valence-electron chi connectivity index (χ1n) is 41.3. The van der Waals surface area contributed by atoms with Gasteiger partial charge in [-0.3, -0.25) is 37.3 Å². The van der Waals surface area contributed by atoms with E-state index < -0.39 is 97.5 Å². The Morgan fingerprint density at radius 2 is 0.590 bits per heavy atom. The summed E-state index contributed by atoms with van der Waals surface area (Å²) in [4.78, 5) is 72.9. The first-order valence-corrected chi connectivity index (χ1v) is 44.3. The average Bonchev–Trinajstić information content (AvgIpc) is 0.924. The number of aliphatic hydroxyl groups excluding tert-OH is 1. The van der Waals surface area contributed by atoms with Gasteiger partial charge in [0.15, 0.2) is 12.2 Å². The van der Waals surface area contributed by atoms with Crippen molar-refractivity contribution in [3.63, 3.8) is 0 Å². The molecule has 3 N–H and O–H groups in total. The van der Waals surface area contributed by atoms with Gasteiger partial charge in [0, 0.05) is 25.7 Å². The Labute approximate surface area is 612 Å². The van der Waals surface area contributed by atoms with E-state index in [1.807, 2.05) is 0 Å². The van der Waals surface area contributed by atoms with Crippen molar-refractivity contribution in [3.8, 4) is 0 Å². The molecule has 6 atom stereocenters. The minimum Gasteiger partial charge on any atom is -0.462 e. The number of esters is 4. The standard InChI is InChI=1S/C81H154O17P2/c1-7-10-12-14-16-18-19-20-22-30-35-41-47-53-59-65-80(85)97-76(69-91-78(83)63-57-51-45-37-17-15-13-11-8-2)71-95-99(87,88)93-67-75(82)68-94-100(89,90)96-72-77(98-81(86)66-60-54-48-42-36-31-24-21-23-27-32-38-43-49-55-61-73(4)5)70-92-79(84)64-58-52-46-40-34-29-26-25-28-33-39-44-50-56-62-74(6)9-3/h18-20,22,73-77,82H,7-17,21,23-72H2,1-6H3,(H,87,88)(H,89,90)/b19-18-,22-20-/t74?,75-,76+,77+/m0/s1. The summed E-state index contributed by atoms with van der Waals surface area (Å²) in [6.45, 7) is 9.63. The minimum absolute atomic E-state index is 0.0851. The van der Waals surface area contributed by atoms with Crippen molar-refractivity contribution in [1.82, 2.24) is 0 Å². The predicted octanol–water partition coefficient (Wildman–Crippen LogP) is 23.8. The number of ether oxygens (including phenoxy) is 4. The normalized spacial score (nSPS) is 14.3. The van der Waals surface area contributed by atoms with Crippen LogP contribution in [0.1, 0.15) is 401 Å². The van der Waals surface area contributed by atoms with Gasteiger partial charge in [-0.15, -0.1) is 0 Å². The molecule has 0 fully saturated rings. The largest absolute Gasteiger partial charge is 0.472 e. The zero-order valence-electron chi connectivity index (χ0n) is 65.0. The topological polar surface area (TPSA) is 237 Å². The van der Waals surface area contributed by atoms with Crippen molar-refractivity contribution in [2.75, 3.05) is 39.6 Å². The molecule has 0 aliphatic heterocycles. The van der Waals surface area contributed by atoms with Crippen molar-refractivity contribution >= 4 is 39.5 Å². The van der Waals surface area contributed by atoms with Crippen molar-refractivity contribution in [3.05, 3.63) is 24.3 Å². The van der Waals surface area contributed by atoms with Gasteiger partial charge in [0.2, 0.25) is 0 Å². The molecule has 0 amide bonds. The number of phosphoric ester groups is 2. The maximum atomic E-state index is 13.1. The molecule has 19 heteroatoms. The Kier molecular flexibility index (Phi) is 70.3. The summed E-state index contributed by atoms with van der Waals surface area (Å²) in [5.74, 6) is -0.490. The molecule has 0 saturated carbocycles. The fraction of sp³-hybridized carbons (Fsp3) is 0.901. The number of hydrogen-bond acceptors (Lipinski definition) is 15. The highest BCUT2D eigenvalue weighted by molar-refractivity contribution is 7.47. The van der Waals surface area contributed by atoms with E-state index in [-0.39, 0.29) is 25.7 Å². The Hall–Kier alpha value is -2.46. The summed E-state index contributed by atoms with van der Waals surface area (Å²) >= 11 is 0. The van der Waals surface area contributed by atoms with E-state index in [4.69, 9.17) is 37.0 Å². The Morgan fingerprint density at radius 1 is 0.330 bits per heavy atom. The number of phosphoric acid groups is 2. The van der Waals surface area contributed by atoms with Crippen LogP contribution >= 0.6 is 15.6 Å². The molecular formula is C81H154O17P2. The zero-order valence-corrected chi connectivity index (χ0v) is 66.8. The number of hydrogen-bond donors (Lipinski definition) is 3. The number of allylic oxidation sites excluding steroid dienone is 4. The van der Waals surface area contributed by atoms with Crippen LogP contribution in [-0.4, -0.2) is 96.7 Å². The summed E-state index contributed by atoms with van der Waals surface area (Å²) < 4.78 is 68.6. The van der Waals surface area contributed by atoms with E-state index in [9.17, 15) is 43.2 Å². The number of carbonyl (C=O) groups excluding carboxylic acids is 4. The number of rotatable bonds is 78. The van der Waals surface area contributed by atoms with Gasteiger partial charge in [-0.1, -0.05) is 348 Å². The molecule has 0 spiro atoms. The minimum atomic E-state index is -4.97. The van der Waals surface area contributed by atoms with E-state index in [2.05, 4.69) is 65.8 Å². The highest BCUT2D eigenvalue weighted by Crippen LogP contribution is 2.45. The molecule has 0 heterocycles. The third kappa shape index (κ3) is 72.5. The van der Waals surface area contributed by atoms with Gasteiger partial charge in [-0.25, -0.2) is 9.13 Å². The van der Waals surface area contributed by atoms with E-state index >= 15 is 0 Å². The molecule has 100 heavy (non-hydrogen) atoms. The van der Waals surface area contributed by atoms with E-state index in [0.717, 1.165) is 115 Å². The molecule has 0 bridgehead atoms. The molecule has 590 valence electrons. The van der Waals surface area contributed by atoms with Crippen LogP contribution in [0.15, 0.2) is 24.3 Å². The SMILES string of the molecule is CCCCCC/C=C\C=C/CCCCCCCC(=O)O[C@H](COC(=O)CCCCCCCCCCC)COP(=O)(O)OC[C@H](O)COP(=O)(O)OC[C@@H](COC(=O)CCCCCCCCCCCCCCCCC(C)CC)OC(=O)CCCCCCCCCCCCCCCCCC(C)C. The summed E-state index contributed by atoms with van der Waals surface area (Å²) in [6, 6.07) is 0. The van der Waals surface area contributed by atoms with Crippen LogP contribution in [0.5, 0.6) is 0 Å². The molecule has 0 aromatic carbocycles. The van der Waals surface area contributed by atoms with Gasteiger partial charge in [-0.2, -0.15) is 0 Å². The second-order valence-corrected chi connectivity index (χ2v) is 32.1. The summed E-state index contributed by atoms with van der Waals surface area (Å²) in [7, 11) is -9.93. The molecule has 0 aliphatic carbocycles. The lowest BCUT2D eigenvalue weighted by atomic mass is 9.99. The highest BCUT2D eigenvalue weighted by atomic mass is 31.2. The van der Waals surface area contributed by atoms with Gasteiger partial charge in [-0.05, 0) is 63.2 Å². The molecular weight excluding hydrogens is 1310 g/mol. The molecule has 0 radical (unpaired) electrons. The Bertz CT molecular complexity index is 2020. The van der Waals surface area contributed by atoms with E-state index in [1.54, 1.807) is 0 Å². The zero-order chi connectivity index (χ0) is 73.5. The second-order valence-electron chi connectivity index (χ2n) is 29.2. The molecule has 3 unspecified atom stereocenters. The summed E-state index contributed by atoms with van der Waals surface area (Å²) in [5.41, 5.74) is 0. The lowest BCUT2D eigenvalue weighted by molar-refractivity contribution is -0.161. The smallest absolute Gasteiger partial charge is 0.462 e. The second kappa shape index (κ2) is 72.1. The van der Waals surface area contributed by atoms with Crippen molar-refractivity contribution in [2.45, 2.75) is 419 Å². The van der Waals surface area contributed by atoms with Crippen LogP contribution in [0.3, 0.4) is 0 Å². The first kappa shape index (κ1) is 97.5. The number of unbranched alkanes of at least 4 members (excludes halogenated alkanes) is 44. The average molecular weight is 1460 g/mol. The molecule has 0 rings (SSSR count). The quantitative estimate of drug-likeness (QED) is 0.0169. The number of aliphatic hydroxyl groups is 1. The van der Waals surface area contributed by atoms with Gasteiger partial charge in [0.05, 0.1) is 26.4 Å². The van der Waals surface area contributed by atoms with E-state index in [0.29, 0.717) is 25.7 Å². The fourth-order valence-electron chi connectivity index (χ4n) is 12.0. The van der Waals surface area contributed by atoms with Crippen LogP contribution in [0.25, 0.3) is 0 Å². The van der Waals surface area contributed by atoms with Crippen LogP contribution in [-0.2, 0) is 65.4 Å². The van der Waals surface area contributed by atoms with Gasteiger partial charge >= 0.3 is 39.5 Å². The summed E-state index contributed by atoms with van der Waals surface area (Å²) in [6.07, 6.45) is 64.5. The third-order valence-corrected chi connectivity index (χ3v) is 20.6. The molecule has 0 saturated heterocycles. The van der Waals surface area contributed by atoms with Crippen molar-refractivity contribution < 1.29 is 80.2 Å². The lowest BCUT2D eigenvalue weighted by Gasteiger charge is -2.21. The first-order chi connectivity index (χ1) is 48.4. The monoisotopic (exact) mass is 1460 g/mol. The number of carbonyl (C=O) groups is 4. The maximum absolute atomic E-state index is 13.1. The Balaban J connectivity index is 5.26. The van der Waals surface area contributed by atoms with Crippen molar-refractivity contribution in [1.29, 1.82) is 0 Å². The molecule has 17 nitrogen and oxygen atoms in total. The lowest BCUT2D eigenvalue weighted by Crippen LogP contribution is -2.30. The Morgan fingerprint density at radius 3 is 0.900 bits per heavy atom. The molecule has 0 aliphatic rings. The fourth-order valence-corrected chi connectivity index (χ4v) is 13.5. The molecule has 0 aromatic heterocycles. The van der Waals surface area contributed by atoms with Gasteiger partial charge < -0.3 is 33.8 Å². The molecule has 0 aromatic rings. The van der Waals surface area contributed by atoms with Gasteiger partial charge in [0.1, 0.15) is 19.3 Å². The van der Waals surface area contributed by atoms with E-state index in [1.165, 1.54) is 205 Å². The van der Waals surface area contributed by atoms with Crippen LogP contribution in [0.2, 0.25) is 0 Å². The van der Waals surface area contributed by atoms with Crippen molar-refractivity contribution in [2.24, 2.45) is 11.8 Å². The van der Waals surface area contributed by atoms with Gasteiger partial charge in [0.25, 0.3) is 0 Å². The maximum Gasteiger partial charge on any atom is 0.472 e. The van der Waals surface area contributed by atoms with Crippen LogP contribution in [0, 0.1) is 11.8 Å². The third-order valence-electron chi connectivity index (χ3n) is 18.7. The predicted molar refractivity (Wildman–Crippen MR) is 409 cm³/mol. The van der Waals surface area contributed by atoms with Crippen LogP contribution < -0.4 is 0 Å². The highest BCUT2D eigenvalue weighted by Gasteiger charge is 2.30. The summed E-state index contributed by atoms with van der Waals surface area (Å²) in [5, 5.41) is 10.6. The van der Waals surface area contributed by atoms with Crippen LogP contribution in [0.4, 0.5) is 0 Å².